The fraction of sp³-hybridized carbons (Fsp3) is 1.00. The Kier molecular flexibility index (Phi) is 4.09. The number of halogens is 1. The molecule has 0 amide bonds. The van der Waals surface area contributed by atoms with E-state index in [2.05, 4.69) is 0 Å². The third-order valence-corrected chi connectivity index (χ3v) is 2.34. The summed E-state index contributed by atoms with van der Waals surface area (Å²) in [5, 5.41) is 0. The van der Waals surface area contributed by atoms with Crippen LogP contribution in [0.25, 0.3) is 0 Å². The third-order valence-electron chi connectivity index (χ3n) is 2.34. The molecule has 78 valence electrons. The molecule has 0 bridgehead atoms. The van der Waals surface area contributed by atoms with E-state index in [0.717, 1.165) is 6.54 Å². The molecule has 1 saturated heterocycles. The van der Waals surface area contributed by atoms with Gasteiger partial charge in [0.2, 0.25) is 6.36 Å². The maximum atomic E-state index is 13.0. The predicted octanol–water partition coefficient (Wildman–Crippen LogP) is 1.04. The van der Waals surface area contributed by atoms with Crippen LogP contribution in [0.1, 0.15) is 13.8 Å². The lowest BCUT2D eigenvalue weighted by molar-refractivity contribution is -0.0630. The predicted molar refractivity (Wildman–Crippen MR) is 48.4 cm³/mol. The minimum atomic E-state index is -1.18. The van der Waals surface area contributed by atoms with E-state index in [9.17, 15) is 4.39 Å². The second-order valence-corrected chi connectivity index (χ2v) is 3.65. The highest BCUT2D eigenvalue weighted by Gasteiger charge is 2.25. The maximum absolute atomic E-state index is 13.0. The van der Waals surface area contributed by atoms with Crippen molar-refractivity contribution in [3.8, 4) is 0 Å². The molecule has 0 radical (unpaired) electrons. The molecule has 3 nitrogen and oxygen atoms in total. The standard InChI is InChI=1S/C9H18FNO2/c1-7(2)11-4-8(12-3)6-13-9(10)5-11/h7-9H,4-6H2,1-3H3/t8-,9?/m0/s1. The molecule has 1 unspecified atom stereocenters. The van der Waals surface area contributed by atoms with Crippen LogP contribution in [-0.2, 0) is 9.47 Å². The SMILES string of the molecule is CO[C@@H]1COC(F)CN(C(C)C)C1. The Bertz CT molecular complexity index is 155. The van der Waals surface area contributed by atoms with Crippen LogP contribution >= 0.6 is 0 Å². The fourth-order valence-corrected chi connectivity index (χ4v) is 1.40. The van der Waals surface area contributed by atoms with Gasteiger partial charge in [0.15, 0.2) is 0 Å². The quantitative estimate of drug-likeness (QED) is 0.651. The van der Waals surface area contributed by atoms with Gasteiger partial charge in [-0.1, -0.05) is 0 Å². The van der Waals surface area contributed by atoms with Gasteiger partial charge in [0, 0.05) is 19.7 Å². The molecule has 4 heteroatoms. The van der Waals surface area contributed by atoms with E-state index >= 15 is 0 Å². The van der Waals surface area contributed by atoms with Gasteiger partial charge in [-0.05, 0) is 13.8 Å². The first-order chi connectivity index (χ1) is 6.13. The highest BCUT2D eigenvalue weighted by atomic mass is 19.1. The molecule has 1 rings (SSSR count). The van der Waals surface area contributed by atoms with E-state index in [1.54, 1.807) is 7.11 Å². The van der Waals surface area contributed by atoms with Crippen LogP contribution in [0.15, 0.2) is 0 Å². The van der Waals surface area contributed by atoms with Crippen LogP contribution in [0.4, 0.5) is 4.39 Å². The molecule has 13 heavy (non-hydrogen) atoms. The lowest BCUT2D eigenvalue weighted by Crippen LogP contribution is -2.39. The van der Waals surface area contributed by atoms with E-state index in [1.807, 2.05) is 18.7 Å². The molecule has 0 aromatic heterocycles. The van der Waals surface area contributed by atoms with Gasteiger partial charge in [-0.2, -0.15) is 0 Å². The molecule has 0 aromatic carbocycles. The zero-order valence-corrected chi connectivity index (χ0v) is 8.50. The molecule has 1 fully saturated rings. The smallest absolute Gasteiger partial charge is 0.211 e. The molecular weight excluding hydrogens is 173 g/mol. The van der Waals surface area contributed by atoms with Crippen molar-refractivity contribution < 1.29 is 13.9 Å². The summed E-state index contributed by atoms with van der Waals surface area (Å²) < 4.78 is 23.2. The fourth-order valence-electron chi connectivity index (χ4n) is 1.40. The van der Waals surface area contributed by atoms with Crippen LogP contribution in [-0.4, -0.2) is 50.2 Å². The molecule has 0 aliphatic carbocycles. The molecule has 1 aliphatic rings. The van der Waals surface area contributed by atoms with E-state index in [4.69, 9.17) is 9.47 Å². The average molecular weight is 191 g/mol. The Hall–Kier alpha value is -0.190. The van der Waals surface area contributed by atoms with Crippen molar-refractivity contribution in [3.63, 3.8) is 0 Å². The Balaban J connectivity index is 2.52. The first-order valence-corrected chi connectivity index (χ1v) is 4.66. The Morgan fingerprint density at radius 1 is 1.46 bits per heavy atom. The number of rotatable bonds is 2. The third kappa shape index (κ3) is 3.21. The van der Waals surface area contributed by atoms with Crippen LogP contribution in [0.2, 0.25) is 0 Å². The Morgan fingerprint density at radius 2 is 2.15 bits per heavy atom. The van der Waals surface area contributed by atoms with Crippen molar-refractivity contribution in [1.29, 1.82) is 0 Å². The van der Waals surface area contributed by atoms with Crippen molar-refractivity contribution in [3.05, 3.63) is 0 Å². The summed E-state index contributed by atoms with van der Waals surface area (Å²) in [5.74, 6) is 0. The van der Waals surface area contributed by atoms with E-state index in [-0.39, 0.29) is 6.10 Å². The highest BCUT2D eigenvalue weighted by Crippen LogP contribution is 2.11. The number of nitrogens with zero attached hydrogens (tertiary/aromatic N) is 1. The Morgan fingerprint density at radius 3 is 2.69 bits per heavy atom. The van der Waals surface area contributed by atoms with Crippen molar-refractivity contribution in [1.82, 2.24) is 4.90 Å². The lowest BCUT2D eigenvalue weighted by atomic mass is 10.2. The second kappa shape index (κ2) is 4.88. The van der Waals surface area contributed by atoms with Crippen molar-refractivity contribution in [2.45, 2.75) is 32.4 Å². The average Bonchev–Trinajstić information content (AvgIpc) is 2.27. The summed E-state index contributed by atoms with van der Waals surface area (Å²) in [5.41, 5.74) is 0. The number of alkyl halides is 1. The minimum Gasteiger partial charge on any atom is -0.378 e. The summed E-state index contributed by atoms with van der Waals surface area (Å²) in [6, 6.07) is 0.331. The number of methoxy groups -OCH3 is 1. The zero-order valence-electron chi connectivity index (χ0n) is 8.50. The number of ether oxygens (including phenoxy) is 2. The lowest BCUT2D eigenvalue weighted by Gasteiger charge is -2.26. The summed E-state index contributed by atoms with van der Waals surface area (Å²) in [6.07, 6.45) is -1.19. The summed E-state index contributed by atoms with van der Waals surface area (Å²) in [7, 11) is 1.63. The molecule has 0 aromatic rings. The maximum Gasteiger partial charge on any atom is 0.211 e. The van der Waals surface area contributed by atoms with Gasteiger partial charge in [0.25, 0.3) is 0 Å². The van der Waals surface area contributed by atoms with Crippen LogP contribution in [0.5, 0.6) is 0 Å². The zero-order chi connectivity index (χ0) is 9.84. The van der Waals surface area contributed by atoms with Crippen LogP contribution < -0.4 is 0 Å². The number of hydrogen-bond acceptors (Lipinski definition) is 3. The van der Waals surface area contributed by atoms with Crippen LogP contribution in [0.3, 0.4) is 0 Å². The van der Waals surface area contributed by atoms with E-state index in [1.165, 1.54) is 0 Å². The summed E-state index contributed by atoms with van der Waals surface area (Å²) >= 11 is 0. The number of hydrogen-bond donors (Lipinski definition) is 0. The second-order valence-electron chi connectivity index (χ2n) is 3.65. The molecular formula is C9H18FNO2. The molecule has 0 spiro atoms. The van der Waals surface area contributed by atoms with Gasteiger partial charge < -0.3 is 9.47 Å². The van der Waals surface area contributed by atoms with Gasteiger partial charge >= 0.3 is 0 Å². The highest BCUT2D eigenvalue weighted by molar-refractivity contribution is 4.73. The van der Waals surface area contributed by atoms with Crippen molar-refractivity contribution in [2.75, 3.05) is 26.8 Å². The van der Waals surface area contributed by atoms with Gasteiger partial charge in [0.1, 0.15) is 0 Å². The molecule has 1 aliphatic heterocycles. The molecule has 0 saturated carbocycles. The van der Waals surface area contributed by atoms with E-state index < -0.39 is 6.36 Å². The van der Waals surface area contributed by atoms with Gasteiger partial charge in [-0.25, -0.2) is 4.39 Å². The monoisotopic (exact) mass is 191 g/mol. The summed E-state index contributed by atoms with van der Waals surface area (Å²) in [4.78, 5) is 2.03. The summed E-state index contributed by atoms with van der Waals surface area (Å²) in [6.45, 7) is 5.53. The van der Waals surface area contributed by atoms with E-state index in [0.29, 0.717) is 19.2 Å². The van der Waals surface area contributed by atoms with Gasteiger partial charge in [-0.3, -0.25) is 4.90 Å². The molecule has 1 heterocycles. The van der Waals surface area contributed by atoms with Crippen molar-refractivity contribution in [2.24, 2.45) is 0 Å². The molecule has 0 N–H and O–H groups in total. The largest absolute Gasteiger partial charge is 0.378 e. The Labute approximate surface area is 78.8 Å². The molecule has 2 atom stereocenters. The van der Waals surface area contributed by atoms with Gasteiger partial charge in [0.05, 0.1) is 19.3 Å². The first-order valence-electron chi connectivity index (χ1n) is 4.66. The first kappa shape index (κ1) is 10.9. The minimum absolute atomic E-state index is 0.0110. The topological polar surface area (TPSA) is 21.7 Å². The van der Waals surface area contributed by atoms with Crippen molar-refractivity contribution >= 4 is 0 Å². The normalized spacial score (nSPS) is 32.1. The van der Waals surface area contributed by atoms with Gasteiger partial charge in [-0.15, -0.1) is 0 Å². The van der Waals surface area contributed by atoms with Crippen LogP contribution in [0, 0.1) is 0 Å².